The maximum atomic E-state index is 10.1. The van der Waals surface area contributed by atoms with Gasteiger partial charge in [0.15, 0.2) is 11.5 Å². The number of methoxy groups -OCH3 is 1. The summed E-state index contributed by atoms with van der Waals surface area (Å²) in [5, 5.41) is 10.1. The summed E-state index contributed by atoms with van der Waals surface area (Å²) in [5.74, 6) is -0.358. The van der Waals surface area contributed by atoms with E-state index < -0.39 is 12.6 Å². The number of carboxylic acids is 1. The van der Waals surface area contributed by atoms with Crippen LogP contribution in [-0.2, 0) is 4.79 Å². The maximum Gasteiger partial charge on any atom is 1.00 e. The molecule has 5 heteroatoms. The number of aliphatic carboxylic acids is 1. The molecule has 1 aromatic carbocycles. The second-order valence-corrected chi connectivity index (χ2v) is 2.31. The summed E-state index contributed by atoms with van der Waals surface area (Å²) in [7, 11) is 1.49. The Hall–Kier alpha value is -0.0736. The standard InChI is InChI=1S/C9H10O4.K/c1-12-7-4-2-3-5-8(7)13-6-9(10)11;/h2-5H,6H2,1H3,(H,10,11);/q;+1/p-1. The van der Waals surface area contributed by atoms with Gasteiger partial charge in [0.1, 0.15) is 6.61 Å². The molecule has 0 heterocycles. The fraction of sp³-hybridized carbons (Fsp3) is 0.222. The molecule has 4 nitrogen and oxygen atoms in total. The van der Waals surface area contributed by atoms with Crippen LogP contribution in [0.5, 0.6) is 11.5 Å². The molecule has 1 rings (SSSR count). The van der Waals surface area contributed by atoms with E-state index >= 15 is 0 Å². The predicted molar refractivity (Wildman–Crippen MR) is 43.5 cm³/mol. The predicted octanol–water partition coefficient (Wildman–Crippen LogP) is -3.17. The molecule has 0 aliphatic rings. The van der Waals surface area contributed by atoms with E-state index in [1.165, 1.54) is 7.11 Å². The number of rotatable bonds is 4. The van der Waals surface area contributed by atoms with E-state index in [1.807, 2.05) is 0 Å². The molecule has 0 saturated carbocycles. The molecular formula is C9H9KO4. The van der Waals surface area contributed by atoms with Crippen molar-refractivity contribution in [2.75, 3.05) is 13.7 Å². The van der Waals surface area contributed by atoms with Crippen molar-refractivity contribution in [3.05, 3.63) is 24.3 Å². The molecule has 1 aromatic rings. The molecule has 0 fully saturated rings. The number of hydrogen-bond acceptors (Lipinski definition) is 4. The summed E-state index contributed by atoms with van der Waals surface area (Å²) in [5.41, 5.74) is 0. The fourth-order valence-electron chi connectivity index (χ4n) is 0.875. The zero-order chi connectivity index (χ0) is 9.68. The quantitative estimate of drug-likeness (QED) is 0.502. The van der Waals surface area contributed by atoms with Crippen LogP contribution in [0, 0.1) is 0 Å². The first-order valence-electron chi connectivity index (χ1n) is 3.69. The molecule has 14 heavy (non-hydrogen) atoms. The smallest absolute Gasteiger partial charge is 0.546 e. The van der Waals surface area contributed by atoms with Crippen molar-refractivity contribution in [2.24, 2.45) is 0 Å². The summed E-state index contributed by atoms with van der Waals surface area (Å²) in [6.07, 6.45) is 0. The molecule has 0 atom stereocenters. The molecule has 0 aromatic heterocycles. The van der Waals surface area contributed by atoms with Gasteiger partial charge in [-0.25, -0.2) is 0 Å². The molecule has 0 unspecified atom stereocenters. The van der Waals surface area contributed by atoms with Gasteiger partial charge >= 0.3 is 51.4 Å². The average molecular weight is 220 g/mol. The monoisotopic (exact) mass is 220 g/mol. The van der Waals surface area contributed by atoms with Crippen molar-refractivity contribution in [3.8, 4) is 11.5 Å². The zero-order valence-electron chi connectivity index (χ0n) is 8.15. The van der Waals surface area contributed by atoms with Crippen molar-refractivity contribution in [1.29, 1.82) is 0 Å². The SMILES string of the molecule is COc1ccccc1OCC(=O)[O-].[K+]. The Bertz CT molecular complexity index is 301. The second kappa shape index (κ2) is 7.25. The number of para-hydroxylation sites is 2. The van der Waals surface area contributed by atoms with E-state index in [9.17, 15) is 9.90 Å². The van der Waals surface area contributed by atoms with E-state index in [0.29, 0.717) is 11.5 Å². The van der Waals surface area contributed by atoms with Crippen LogP contribution in [0.15, 0.2) is 24.3 Å². The first kappa shape index (κ1) is 13.9. The van der Waals surface area contributed by atoms with Gasteiger partial charge in [0, 0.05) is 0 Å². The molecule has 0 spiro atoms. The number of ether oxygens (including phenoxy) is 2. The topological polar surface area (TPSA) is 58.6 Å². The second-order valence-electron chi connectivity index (χ2n) is 2.31. The molecular weight excluding hydrogens is 211 g/mol. The number of carboxylic acid groups (broad SMARTS) is 1. The van der Waals surface area contributed by atoms with Gasteiger partial charge in [0.05, 0.1) is 13.1 Å². The minimum atomic E-state index is -1.26. The summed E-state index contributed by atoms with van der Waals surface area (Å²) >= 11 is 0. The number of carbonyl (C=O) groups is 1. The minimum Gasteiger partial charge on any atom is -0.546 e. The first-order valence-corrected chi connectivity index (χ1v) is 3.69. The van der Waals surface area contributed by atoms with Gasteiger partial charge in [0.2, 0.25) is 0 Å². The van der Waals surface area contributed by atoms with E-state index in [-0.39, 0.29) is 51.4 Å². The molecule has 0 radical (unpaired) electrons. The fourth-order valence-corrected chi connectivity index (χ4v) is 0.875. The van der Waals surface area contributed by atoms with E-state index in [2.05, 4.69) is 0 Å². The van der Waals surface area contributed by atoms with E-state index in [0.717, 1.165) is 0 Å². The first-order chi connectivity index (χ1) is 6.24. The van der Waals surface area contributed by atoms with Gasteiger partial charge < -0.3 is 19.4 Å². The van der Waals surface area contributed by atoms with Crippen molar-refractivity contribution in [2.45, 2.75) is 0 Å². The minimum absolute atomic E-state index is 0. The Labute approximate surface area is 125 Å². The summed E-state index contributed by atoms with van der Waals surface area (Å²) < 4.78 is 9.84. The zero-order valence-corrected chi connectivity index (χ0v) is 11.3. The van der Waals surface area contributed by atoms with E-state index in [1.54, 1.807) is 24.3 Å². The Morgan fingerprint density at radius 1 is 1.36 bits per heavy atom. The van der Waals surface area contributed by atoms with Gasteiger partial charge in [-0.15, -0.1) is 0 Å². The van der Waals surface area contributed by atoms with E-state index in [4.69, 9.17) is 9.47 Å². The van der Waals surface area contributed by atoms with Gasteiger partial charge in [-0.1, -0.05) is 12.1 Å². The van der Waals surface area contributed by atoms with Crippen LogP contribution in [0.4, 0.5) is 0 Å². The number of hydrogen-bond donors (Lipinski definition) is 0. The Morgan fingerprint density at radius 3 is 2.43 bits per heavy atom. The van der Waals surface area contributed by atoms with Crippen molar-refractivity contribution < 1.29 is 70.8 Å². The van der Waals surface area contributed by atoms with Crippen molar-refractivity contribution >= 4 is 5.97 Å². The Kier molecular flexibility index (Phi) is 7.21. The summed E-state index contributed by atoms with van der Waals surface area (Å²) in [4.78, 5) is 10.1. The van der Waals surface area contributed by atoms with Gasteiger partial charge in [0.25, 0.3) is 0 Å². The Balaban J connectivity index is 0.00000169. The molecule has 0 bridgehead atoms. The van der Waals surface area contributed by atoms with Crippen LogP contribution in [0.3, 0.4) is 0 Å². The molecule has 0 saturated heterocycles. The van der Waals surface area contributed by atoms with Gasteiger partial charge in [-0.3, -0.25) is 0 Å². The van der Waals surface area contributed by atoms with Crippen LogP contribution in [-0.4, -0.2) is 19.7 Å². The van der Waals surface area contributed by atoms with Crippen LogP contribution >= 0.6 is 0 Å². The third-order valence-electron chi connectivity index (χ3n) is 1.41. The van der Waals surface area contributed by atoms with Crippen LogP contribution in [0.2, 0.25) is 0 Å². The van der Waals surface area contributed by atoms with Crippen LogP contribution in [0.25, 0.3) is 0 Å². The van der Waals surface area contributed by atoms with Gasteiger partial charge in [-0.05, 0) is 12.1 Å². The Morgan fingerprint density at radius 2 is 1.93 bits per heavy atom. The van der Waals surface area contributed by atoms with Gasteiger partial charge in [-0.2, -0.15) is 0 Å². The van der Waals surface area contributed by atoms with Crippen LogP contribution < -0.4 is 66.0 Å². The van der Waals surface area contributed by atoms with Crippen LogP contribution in [0.1, 0.15) is 0 Å². The molecule has 70 valence electrons. The number of benzene rings is 1. The third kappa shape index (κ3) is 4.43. The normalized spacial score (nSPS) is 8.64. The largest absolute Gasteiger partial charge is 1.00 e. The molecule has 0 N–H and O–H groups in total. The van der Waals surface area contributed by atoms with Crippen molar-refractivity contribution in [3.63, 3.8) is 0 Å². The number of carbonyl (C=O) groups excluding carboxylic acids is 1. The molecule has 0 aliphatic heterocycles. The summed E-state index contributed by atoms with van der Waals surface area (Å²) in [6, 6.07) is 6.81. The third-order valence-corrected chi connectivity index (χ3v) is 1.41. The molecule has 0 amide bonds. The molecule has 0 aliphatic carbocycles. The summed E-state index contributed by atoms with van der Waals surface area (Å²) in [6.45, 7) is -0.472. The average Bonchev–Trinajstić information content (AvgIpc) is 2.15. The van der Waals surface area contributed by atoms with Crippen molar-refractivity contribution in [1.82, 2.24) is 0 Å². The maximum absolute atomic E-state index is 10.1.